The molecule has 2 aromatic heterocycles. The number of nitrogens with zero attached hydrogens (tertiary/aromatic N) is 5. The molecular weight excluding hydrogens is 463 g/mol. The summed E-state index contributed by atoms with van der Waals surface area (Å²) in [5.74, 6) is 0.161. The van der Waals surface area contributed by atoms with Crippen molar-refractivity contribution in [3.05, 3.63) is 47.9 Å². The lowest BCUT2D eigenvalue weighted by Crippen LogP contribution is -2.44. The monoisotopic (exact) mass is 494 g/mol. The van der Waals surface area contributed by atoms with Crippen molar-refractivity contribution in [2.45, 2.75) is 25.4 Å². The lowest BCUT2D eigenvalue weighted by molar-refractivity contribution is -0.127. The van der Waals surface area contributed by atoms with Gasteiger partial charge < -0.3 is 30.7 Å². The Balaban J connectivity index is 1.36. The van der Waals surface area contributed by atoms with Crippen LogP contribution in [0, 0.1) is 5.82 Å². The number of pyridine rings is 2. The van der Waals surface area contributed by atoms with Crippen LogP contribution in [0.5, 0.6) is 0 Å². The van der Waals surface area contributed by atoms with Gasteiger partial charge in [0.2, 0.25) is 5.91 Å². The number of likely N-dealkylation sites (tertiary alicyclic amines) is 1. The van der Waals surface area contributed by atoms with E-state index in [1.165, 1.54) is 6.08 Å². The highest BCUT2D eigenvalue weighted by atomic mass is 19.1. The Kier molecular flexibility index (Phi) is 6.73. The molecule has 1 atom stereocenters. The highest BCUT2D eigenvalue weighted by molar-refractivity contribution is 6.03. The summed E-state index contributed by atoms with van der Waals surface area (Å²) >= 11 is 0. The second kappa shape index (κ2) is 10.1. The fraction of sp³-hybridized carbons (Fsp3) is 0.440. The standard InChI is InChI=1S/C25H31FN8O2/c1-3-20(35)34-8-4-5-17(15-34)30-24-22(26)18-14-28-25(36)21(18)23(31-24)29-16-6-7-19(27-13-16)33-11-9-32(2)10-12-33/h3,6-7,13,17H,1,4-5,8-12,14-15H2,2H3,(H,28,36)(H2,29,30,31). The number of anilines is 4. The molecule has 190 valence electrons. The molecule has 3 aliphatic heterocycles. The predicted octanol–water partition coefficient (Wildman–Crippen LogP) is 1.94. The minimum Gasteiger partial charge on any atom is -0.363 e. The maximum Gasteiger partial charge on any atom is 0.255 e. The van der Waals surface area contributed by atoms with E-state index >= 15 is 4.39 Å². The maximum absolute atomic E-state index is 15.4. The summed E-state index contributed by atoms with van der Waals surface area (Å²) in [7, 11) is 2.11. The Bertz CT molecular complexity index is 1160. The number of piperidine rings is 1. The Morgan fingerprint density at radius 1 is 1.22 bits per heavy atom. The van der Waals surface area contributed by atoms with Gasteiger partial charge in [-0.25, -0.2) is 14.4 Å². The van der Waals surface area contributed by atoms with E-state index in [0.29, 0.717) is 18.8 Å². The average molecular weight is 495 g/mol. The summed E-state index contributed by atoms with van der Waals surface area (Å²) in [6.45, 7) is 8.52. The van der Waals surface area contributed by atoms with Crippen LogP contribution in [0.1, 0.15) is 28.8 Å². The van der Waals surface area contributed by atoms with E-state index in [9.17, 15) is 9.59 Å². The Morgan fingerprint density at radius 3 is 2.75 bits per heavy atom. The molecule has 5 heterocycles. The third kappa shape index (κ3) is 4.83. The van der Waals surface area contributed by atoms with E-state index in [2.05, 4.69) is 49.3 Å². The van der Waals surface area contributed by atoms with Crippen LogP contribution >= 0.6 is 0 Å². The van der Waals surface area contributed by atoms with Crippen molar-refractivity contribution < 1.29 is 14.0 Å². The molecule has 5 rings (SSSR count). The van der Waals surface area contributed by atoms with Gasteiger partial charge in [-0.2, -0.15) is 0 Å². The average Bonchev–Trinajstić information content (AvgIpc) is 3.29. The Labute approximate surface area is 209 Å². The highest BCUT2D eigenvalue weighted by Gasteiger charge is 2.31. The van der Waals surface area contributed by atoms with E-state index in [4.69, 9.17) is 0 Å². The van der Waals surface area contributed by atoms with Crippen molar-refractivity contribution in [1.29, 1.82) is 0 Å². The first kappa shape index (κ1) is 24.0. The second-order valence-corrected chi connectivity index (χ2v) is 9.45. The minimum atomic E-state index is -0.551. The summed E-state index contributed by atoms with van der Waals surface area (Å²) in [5.41, 5.74) is 1.13. The van der Waals surface area contributed by atoms with E-state index in [1.807, 2.05) is 12.1 Å². The molecule has 0 spiro atoms. The van der Waals surface area contributed by atoms with Crippen LogP contribution in [0.4, 0.5) is 27.5 Å². The van der Waals surface area contributed by atoms with Crippen molar-refractivity contribution in [3.8, 4) is 0 Å². The van der Waals surface area contributed by atoms with Crippen LogP contribution < -0.4 is 20.9 Å². The van der Waals surface area contributed by atoms with Gasteiger partial charge in [0.05, 0.1) is 17.4 Å². The van der Waals surface area contributed by atoms with Crippen LogP contribution in [0.3, 0.4) is 0 Å². The lowest BCUT2D eigenvalue weighted by Gasteiger charge is -2.33. The molecule has 11 heteroatoms. The van der Waals surface area contributed by atoms with E-state index in [0.717, 1.165) is 44.8 Å². The fourth-order valence-electron chi connectivity index (χ4n) is 4.90. The van der Waals surface area contributed by atoms with E-state index in [-0.39, 0.29) is 47.2 Å². The number of fused-ring (bicyclic) bond motifs is 1. The van der Waals surface area contributed by atoms with Crippen molar-refractivity contribution >= 4 is 35.0 Å². The fourth-order valence-corrected chi connectivity index (χ4v) is 4.90. The first-order valence-corrected chi connectivity index (χ1v) is 12.3. The lowest BCUT2D eigenvalue weighted by atomic mass is 10.0. The summed E-state index contributed by atoms with van der Waals surface area (Å²) in [4.78, 5) is 39.8. The highest BCUT2D eigenvalue weighted by Crippen LogP contribution is 2.32. The number of halogens is 1. The molecule has 2 fully saturated rings. The largest absolute Gasteiger partial charge is 0.363 e. The molecule has 2 saturated heterocycles. The van der Waals surface area contributed by atoms with Gasteiger partial charge in [-0.05, 0) is 38.1 Å². The molecular formula is C25H31FN8O2. The van der Waals surface area contributed by atoms with Crippen LogP contribution in [-0.2, 0) is 11.3 Å². The molecule has 0 saturated carbocycles. The van der Waals surface area contributed by atoms with Gasteiger partial charge in [0.25, 0.3) is 5.91 Å². The number of nitrogens with one attached hydrogen (secondary N) is 3. The van der Waals surface area contributed by atoms with Crippen molar-refractivity contribution in [1.82, 2.24) is 25.1 Å². The maximum atomic E-state index is 15.4. The number of aromatic nitrogens is 2. The number of amides is 2. The number of piperazine rings is 1. The zero-order valence-electron chi connectivity index (χ0n) is 20.4. The molecule has 2 aromatic rings. The molecule has 0 radical (unpaired) electrons. The molecule has 0 bridgehead atoms. The third-order valence-electron chi connectivity index (χ3n) is 6.97. The van der Waals surface area contributed by atoms with E-state index < -0.39 is 5.82 Å². The molecule has 3 aliphatic rings. The summed E-state index contributed by atoms with van der Waals surface area (Å²) in [6.07, 6.45) is 4.56. The molecule has 36 heavy (non-hydrogen) atoms. The van der Waals surface area contributed by atoms with Gasteiger partial charge >= 0.3 is 0 Å². The van der Waals surface area contributed by atoms with Crippen molar-refractivity contribution in [2.75, 3.05) is 61.8 Å². The SMILES string of the molecule is C=CC(=O)N1CCCC(Nc2nc(Nc3ccc(N4CCN(C)CC4)nc3)c3c(c2F)CNC3=O)C1. The minimum absolute atomic E-state index is 0.0627. The Morgan fingerprint density at radius 2 is 2.03 bits per heavy atom. The van der Waals surface area contributed by atoms with Crippen LogP contribution in [0.15, 0.2) is 31.0 Å². The van der Waals surface area contributed by atoms with Crippen molar-refractivity contribution in [3.63, 3.8) is 0 Å². The number of likely N-dealkylation sites (N-methyl/N-ethyl adjacent to an activating group) is 1. The Hall–Kier alpha value is -3.73. The van der Waals surface area contributed by atoms with Gasteiger partial charge in [0.1, 0.15) is 11.6 Å². The molecule has 0 aliphatic carbocycles. The molecule has 10 nitrogen and oxygen atoms in total. The van der Waals surface area contributed by atoms with Gasteiger partial charge in [-0.1, -0.05) is 6.58 Å². The zero-order chi connectivity index (χ0) is 25.2. The van der Waals surface area contributed by atoms with Crippen LogP contribution in [-0.4, -0.2) is 83.9 Å². The van der Waals surface area contributed by atoms with Crippen LogP contribution in [0.25, 0.3) is 0 Å². The molecule has 2 amide bonds. The number of hydrogen-bond donors (Lipinski definition) is 3. The van der Waals surface area contributed by atoms with Crippen LogP contribution in [0.2, 0.25) is 0 Å². The number of carbonyl (C=O) groups excluding carboxylic acids is 2. The van der Waals surface area contributed by atoms with Gasteiger partial charge in [-0.15, -0.1) is 0 Å². The quantitative estimate of drug-likeness (QED) is 0.524. The summed E-state index contributed by atoms with van der Waals surface area (Å²) < 4.78 is 15.4. The van der Waals surface area contributed by atoms with Gasteiger partial charge in [-0.3, -0.25) is 9.59 Å². The second-order valence-electron chi connectivity index (χ2n) is 9.45. The smallest absolute Gasteiger partial charge is 0.255 e. The van der Waals surface area contributed by atoms with Gasteiger partial charge in [0.15, 0.2) is 11.6 Å². The number of rotatable bonds is 6. The summed E-state index contributed by atoms with van der Waals surface area (Å²) in [6, 6.07) is 3.66. The van der Waals surface area contributed by atoms with E-state index in [1.54, 1.807) is 11.1 Å². The number of hydrogen-bond acceptors (Lipinski definition) is 8. The molecule has 3 N–H and O–H groups in total. The van der Waals surface area contributed by atoms with Gasteiger partial charge in [0, 0.05) is 57.4 Å². The van der Waals surface area contributed by atoms with Crippen molar-refractivity contribution in [2.24, 2.45) is 0 Å². The summed E-state index contributed by atoms with van der Waals surface area (Å²) in [5, 5.41) is 9.02. The number of carbonyl (C=O) groups is 2. The molecule has 0 aromatic carbocycles. The zero-order valence-corrected chi connectivity index (χ0v) is 20.4. The normalized spacial score (nSPS) is 20.1. The first-order valence-electron chi connectivity index (χ1n) is 12.3. The topological polar surface area (TPSA) is 106 Å². The molecule has 1 unspecified atom stereocenters. The predicted molar refractivity (Wildman–Crippen MR) is 136 cm³/mol. The first-order chi connectivity index (χ1) is 17.4. The third-order valence-corrected chi connectivity index (χ3v) is 6.97.